The summed E-state index contributed by atoms with van der Waals surface area (Å²) in [4.78, 5) is 12.4. The van der Waals surface area contributed by atoms with Gasteiger partial charge in [0.2, 0.25) is 0 Å². The van der Waals surface area contributed by atoms with Crippen molar-refractivity contribution in [3.8, 4) is 0 Å². The van der Waals surface area contributed by atoms with Gasteiger partial charge in [0.15, 0.2) is 8.32 Å². The van der Waals surface area contributed by atoms with Crippen LogP contribution in [0.15, 0.2) is 0 Å². The van der Waals surface area contributed by atoms with Gasteiger partial charge < -0.3 is 4.80 Å². The maximum atomic E-state index is 12.4. The molecule has 0 aliphatic carbocycles. The van der Waals surface area contributed by atoms with Crippen molar-refractivity contribution in [2.24, 2.45) is 0 Å². The second kappa shape index (κ2) is 24.5. The number of rotatable bonds is 27. The molecule has 3 atom stereocenters. The van der Waals surface area contributed by atoms with Gasteiger partial charge in [0, 0.05) is 0 Å². The second-order valence-corrected chi connectivity index (χ2v) is 17.1. The molecule has 35 heavy (non-hydrogen) atoms. The zero-order valence-corrected chi connectivity index (χ0v) is 26.6. The fraction of sp³-hybridized carbons (Fsp3) is 1.00. The van der Waals surface area contributed by atoms with E-state index in [1.165, 1.54) is 154 Å². The zero-order chi connectivity index (χ0) is 26.2. The van der Waals surface area contributed by atoms with Crippen molar-refractivity contribution in [2.45, 2.75) is 212 Å². The fourth-order valence-electron chi connectivity index (χ4n) is 6.37. The summed E-state index contributed by atoms with van der Waals surface area (Å²) in [6.07, 6.45) is 32.8. The van der Waals surface area contributed by atoms with Gasteiger partial charge in [0.1, 0.15) is 0 Å². The predicted molar refractivity (Wildman–Crippen MR) is 164 cm³/mol. The second-order valence-electron chi connectivity index (χ2n) is 12.3. The van der Waals surface area contributed by atoms with E-state index in [1.54, 1.807) is 0 Å². The lowest BCUT2D eigenvalue weighted by Crippen LogP contribution is -2.47. The van der Waals surface area contributed by atoms with Gasteiger partial charge in [-0.05, 0) is 16.6 Å². The lowest BCUT2D eigenvalue weighted by molar-refractivity contribution is 0.420. The van der Waals surface area contributed by atoms with Gasteiger partial charge in [0.05, 0.1) is 0 Å². The first-order chi connectivity index (χ1) is 16.9. The van der Waals surface area contributed by atoms with Crippen molar-refractivity contribution in [1.82, 2.24) is 0 Å². The third-order valence-corrected chi connectivity index (χ3v) is 14.7. The van der Waals surface area contributed by atoms with Gasteiger partial charge in [-0.15, -0.1) is 0 Å². The summed E-state index contributed by atoms with van der Waals surface area (Å²) in [5, 5.41) is 0. The highest BCUT2D eigenvalue weighted by atomic mass is 28.4. The van der Waals surface area contributed by atoms with Crippen molar-refractivity contribution in [3.05, 3.63) is 0 Å². The van der Waals surface area contributed by atoms with Gasteiger partial charge in [-0.3, -0.25) is 0 Å². The molecule has 0 fully saturated rings. The highest BCUT2D eigenvalue weighted by Gasteiger charge is 2.46. The highest BCUT2D eigenvalue weighted by Crippen LogP contribution is 2.46. The van der Waals surface area contributed by atoms with E-state index in [0.29, 0.717) is 16.6 Å². The molecule has 1 N–H and O–H groups in total. The third kappa shape index (κ3) is 17.3. The first-order valence-corrected chi connectivity index (χ1v) is 18.8. The highest BCUT2D eigenvalue weighted by molar-refractivity contribution is 6.76. The average Bonchev–Trinajstić information content (AvgIpc) is 2.86. The van der Waals surface area contributed by atoms with Crippen molar-refractivity contribution in [2.75, 3.05) is 0 Å². The van der Waals surface area contributed by atoms with Crippen LogP contribution in [0.2, 0.25) is 16.6 Å². The molecule has 0 bridgehead atoms. The van der Waals surface area contributed by atoms with Crippen LogP contribution in [0.25, 0.3) is 0 Å². The summed E-state index contributed by atoms with van der Waals surface area (Å²) >= 11 is 0. The minimum atomic E-state index is -2.30. The quantitative estimate of drug-likeness (QED) is 0.0860. The molecule has 0 aliphatic rings. The Labute approximate surface area is 225 Å². The largest absolute Gasteiger partial charge is 0.431 e. The maximum Gasteiger partial charge on any atom is 0.196 e. The monoisotopic (exact) mass is 511 g/mol. The van der Waals surface area contributed by atoms with E-state index in [4.69, 9.17) is 0 Å². The van der Waals surface area contributed by atoms with Gasteiger partial charge >= 0.3 is 0 Å². The minimum Gasteiger partial charge on any atom is -0.431 e. The third-order valence-electron chi connectivity index (χ3n) is 9.09. The van der Waals surface area contributed by atoms with Crippen molar-refractivity contribution >= 4 is 8.32 Å². The molecule has 0 amide bonds. The van der Waals surface area contributed by atoms with E-state index in [-0.39, 0.29) is 0 Å². The van der Waals surface area contributed by atoms with Crippen LogP contribution in [-0.4, -0.2) is 13.1 Å². The average molecular weight is 511 g/mol. The summed E-state index contributed by atoms with van der Waals surface area (Å²) in [5.74, 6) is 0. The van der Waals surface area contributed by atoms with Crippen molar-refractivity contribution < 1.29 is 4.80 Å². The molecule has 0 aliphatic heterocycles. The molecule has 1 nitrogen and oxygen atoms in total. The smallest absolute Gasteiger partial charge is 0.196 e. The van der Waals surface area contributed by atoms with E-state index in [1.807, 2.05) is 0 Å². The van der Waals surface area contributed by atoms with Gasteiger partial charge in [-0.1, -0.05) is 196 Å². The summed E-state index contributed by atoms with van der Waals surface area (Å²) < 4.78 is 0. The molecule has 3 unspecified atom stereocenters. The zero-order valence-electron chi connectivity index (χ0n) is 25.6. The van der Waals surface area contributed by atoms with Gasteiger partial charge in [0.25, 0.3) is 0 Å². The topological polar surface area (TPSA) is 20.2 Å². The van der Waals surface area contributed by atoms with E-state index in [2.05, 4.69) is 41.5 Å². The van der Waals surface area contributed by atoms with Crippen LogP contribution in [0.5, 0.6) is 0 Å². The Hall–Kier alpha value is 0.177. The van der Waals surface area contributed by atoms with Gasteiger partial charge in [-0.2, -0.15) is 0 Å². The van der Waals surface area contributed by atoms with E-state index in [0.717, 1.165) is 0 Å². The van der Waals surface area contributed by atoms with Crippen molar-refractivity contribution in [1.29, 1.82) is 0 Å². The Bertz CT molecular complexity index is 364. The number of unbranched alkanes of at least 4 members (excludes halogenated alkanes) is 18. The molecule has 0 radical (unpaired) electrons. The molecule has 212 valence electrons. The minimum absolute atomic E-state index is 0.553. The van der Waals surface area contributed by atoms with Gasteiger partial charge in [-0.25, -0.2) is 0 Å². The Balaban J connectivity index is 4.67. The van der Waals surface area contributed by atoms with E-state index in [9.17, 15) is 4.80 Å². The lowest BCUT2D eigenvalue weighted by atomic mass is 10.1. The first-order valence-electron chi connectivity index (χ1n) is 16.7. The summed E-state index contributed by atoms with van der Waals surface area (Å²) in [6, 6.07) is 0. The molecular weight excluding hydrogens is 440 g/mol. The first kappa shape index (κ1) is 35.2. The molecule has 0 heterocycles. The molecule has 0 aromatic heterocycles. The number of hydrogen-bond acceptors (Lipinski definition) is 1. The molecule has 0 saturated heterocycles. The van der Waals surface area contributed by atoms with Crippen LogP contribution in [0.3, 0.4) is 0 Å². The molecule has 0 rings (SSSR count). The molecular formula is C33H70OSi. The van der Waals surface area contributed by atoms with Crippen LogP contribution in [0, 0.1) is 0 Å². The normalized spacial score (nSPS) is 16.2. The standard InChI is InChI=1S/C33H70OSi/c1-7-10-13-16-19-22-25-28-31(4)35(34,32(5)29-26-23-20-17-14-11-8-2)33(6)30-27-24-21-18-15-12-9-3/h31-34H,7-30H2,1-6H3. The van der Waals surface area contributed by atoms with Crippen LogP contribution < -0.4 is 0 Å². The Morgan fingerprint density at radius 3 is 0.800 bits per heavy atom. The maximum absolute atomic E-state index is 12.4. The summed E-state index contributed by atoms with van der Waals surface area (Å²) in [6.45, 7) is 14.2. The van der Waals surface area contributed by atoms with Crippen LogP contribution in [0.4, 0.5) is 0 Å². The summed E-state index contributed by atoms with van der Waals surface area (Å²) in [5.41, 5.74) is 1.66. The molecule has 0 aromatic rings. The molecule has 0 spiro atoms. The van der Waals surface area contributed by atoms with E-state index < -0.39 is 8.32 Å². The van der Waals surface area contributed by atoms with E-state index >= 15 is 0 Å². The Morgan fingerprint density at radius 1 is 0.371 bits per heavy atom. The predicted octanol–water partition coefficient (Wildman–Crippen LogP) is 12.5. The van der Waals surface area contributed by atoms with Crippen molar-refractivity contribution in [3.63, 3.8) is 0 Å². The SMILES string of the molecule is CCCCCCCCCC(C)[Si](O)(C(C)CCCCCCCCC)C(C)CCCCCCCCC. The summed E-state index contributed by atoms with van der Waals surface area (Å²) in [7, 11) is -2.30. The molecule has 0 aromatic carbocycles. The molecule has 2 heteroatoms. The number of hydrogen-bond donors (Lipinski definition) is 1. The van der Waals surface area contributed by atoms with Crippen LogP contribution in [0.1, 0.15) is 196 Å². The fourth-order valence-corrected chi connectivity index (χ4v) is 11.3. The molecule has 0 saturated carbocycles. The lowest BCUT2D eigenvalue weighted by Gasteiger charge is -2.42. The van der Waals surface area contributed by atoms with Crippen LogP contribution >= 0.6 is 0 Å². The Kier molecular flexibility index (Phi) is 24.6. The van der Waals surface area contributed by atoms with Crippen LogP contribution in [-0.2, 0) is 0 Å². The Morgan fingerprint density at radius 2 is 0.571 bits per heavy atom.